The maximum atomic E-state index is 12.2. The Balaban J connectivity index is 1.66. The van der Waals surface area contributed by atoms with Gasteiger partial charge >= 0.3 is 0 Å². The fraction of sp³-hybridized carbons (Fsp3) is 0.375. The summed E-state index contributed by atoms with van der Waals surface area (Å²) in [6, 6.07) is 8.30. The van der Waals surface area contributed by atoms with Crippen molar-refractivity contribution in [2.24, 2.45) is 11.8 Å². The number of benzene rings is 1. The molecule has 4 nitrogen and oxygen atoms in total. The Bertz CT molecular complexity index is 650. The van der Waals surface area contributed by atoms with Crippen molar-refractivity contribution in [3.05, 3.63) is 29.6 Å². The minimum absolute atomic E-state index is 0.0227. The Labute approximate surface area is 138 Å². The maximum Gasteiger partial charge on any atom is 0.229 e. The lowest BCUT2D eigenvalue weighted by atomic mass is 9.88. The number of hydrogen-bond acceptors (Lipinski definition) is 5. The van der Waals surface area contributed by atoms with Crippen molar-refractivity contribution in [2.45, 2.75) is 11.8 Å². The summed E-state index contributed by atoms with van der Waals surface area (Å²) in [5.41, 5.74) is 1.98. The number of rotatable bonds is 5. The van der Waals surface area contributed by atoms with Gasteiger partial charge in [-0.05, 0) is 37.4 Å². The van der Waals surface area contributed by atoms with Gasteiger partial charge in [-0.25, -0.2) is 4.98 Å². The van der Waals surface area contributed by atoms with Crippen LogP contribution in [0.1, 0.15) is 6.92 Å². The quantitative estimate of drug-likeness (QED) is 0.824. The van der Waals surface area contributed by atoms with E-state index < -0.39 is 0 Å². The highest BCUT2D eigenvalue weighted by atomic mass is 32.2. The number of amides is 1. The maximum absolute atomic E-state index is 12.2. The minimum atomic E-state index is 0.0227. The van der Waals surface area contributed by atoms with E-state index in [2.05, 4.69) is 46.1 Å². The summed E-state index contributed by atoms with van der Waals surface area (Å²) in [5, 5.41) is 8.80. The molecule has 1 atom stereocenters. The van der Waals surface area contributed by atoms with Crippen LogP contribution in [0.5, 0.6) is 0 Å². The van der Waals surface area contributed by atoms with Gasteiger partial charge in [0.05, 0.1) is 5.69 Å². The molecule has 0 spiro atoms. The fourth-order valence-corrected chi connectivity index (χ4v) is 3.45. The van der Waals surface area contributed by atoms with Gasteiger partial charge < -0.3 is 10.6 Å². The Morgan fingerprint density at radius 3 is 2.73 bits per heavy atom. The number of thioether (sulfide) groups is 1. The van der Waals surface area contributed by atoms with Gasteiger partial charge in [0.25, 0.3) is 0 Å². The molecule has 1 aliphatic heterocycles. The van der Waals surface area contributed by atoms with E-state index >= 15 is 0 Å². The van der Waals surface area contributed by atoms with Crippen LogP contribution < -0.4 is 10.6 Å². The third-order valence-electron chi connectivity index (χ3n) is 4.05. The molecule has 1 fully saturated rings. The normalized spacial score (nSPS) is 16.1. The number of hydrogen-bond donors (Lipinski definition) is 2. The number of nitrogens with zero attached hydrogens (tertiary/aromatic N) is 1. The predicted molar refractivity (Wildman–Crippen MR) is 93.5 cm³/mol. The molecule has 6 heteroatoms. The number of anilines is 1. The second-order valence-electron chi connectivity index (χ2n) is 5.46. The zero-order valence-corrected chi connectivity index (χ0v) is 14.3. The molecule has 3 rings (SSSR count). The molecule has 0 radical (unpaired) electrons. The van der Waals surface area contributed by atoms with Crippen molar-refractivity contribution in [2.75, 3.05) is 24.7 Å². The molecule has 0 aliphatic carbocycles. The minimum Gasteiger partial charge on any atom is -0.316 e. The van der Waals surface area contributed by atoms with Gasteiger partial charge in [-0.2, -0.15) is 0 Å². The summed E-state index contributed by atoms with van der Waals surface area (Å²) in [6.07, 6.45) is 2.06. The predicted octanol–water partition coefficient (Wildman–Crippen LogP) is 3.33. The highest BCUT2D eigenvalue weighted by molar-refractivity contribution is 7.98. The van der Waals surface area contributed by atoms with Crippen LogP contribution in [0.15, 0.2) is 34.5 Å². The summed E-state index contributed by atoms with van der Waals surface area (Å²) < 4.78 is 0. The summed E-state index contributed by atoms with van der Waals surface area (Å²) in [5.74, 6) is 0.526. The Morgan fingerprint density at radius 1 is 1.41 bits per heavy atom. The van der Waals surface area contributed by atoms with Crippen LogP contribution in [0.3, 0.4) is 0 Å². The topological polar surface area (TPSA) is 54.0 Å². The SMILES string of the molecule is CSc1ccc(-c2csc(NC(=O)C(C)C3CNC3)n2)cc1. The summed E-state index contributed by atoms with van der Waals surface area (Å²) >= 11 is 3.19. The fourth-order valence-electron chi connectivity index (χ4n) is 2.32. The lowest BCUT2D eigenvalue weighted by Crippen LogP contribution is -2.48. The molecule has 1 amide bonds. The van der Waals surface area contributed by atoms with Gasteiger partial charge in [-0.15, -0.1) is 23.1 Å². The molecule has 1 unspecified atom stereocenters. The van der Waals surface area contributed by atoms with E-state index in [-0.39, 0.29) is 11.8 Å². The van der Waals surface area contributed by atoms with Gasteiger partial charge in [0.2, 0.25) is 5.91 Å². The second-order valence-corrected chi connectivity index (χ2v) is 7.20. The largest absolute Gasteiger partial charge is 0.316 e. The van der Waals surface area contributed by atoms with Crippen molar-refractivity contribution in [3.8, 4) is 11.3 Å². The number of aromatic nitrogens is 1. The summed E-state index contributed by atoms with van der Waals surface area (Å²) in [6.45, 7) is 3.84. The van der Waals surface area contributed by atoms with Crippen LogP contribution in [-0.2, 0) is 4.79 Å². The first-order chi connectivity index (χ1) is 10.7. The van der Waals surface area contributed by atoms with Crippen molar-refractivity contribution in [3.63, 3.8) is 0 Å². The highest BCUT2D eigenvalue weighted by Crippen LogP contribution is 2.27. The lowest BCUT2D eigenvalue weighted by Gasteiger charge is -2.31. The zero-order chi connectivity index (χ0) is 15.5. The molecule has 2 heterocycles. The molecule has 0 bridgehead atoms. The standard InChI is InChI=1S/C16H19N3OS2/c1-10(12-7-17-8-12)15(20)19-16-18-14(9-22-16)11-3-5-13(21-2)6-4-11/h3-6,9-10,12,17H,7-8H2,1-2H3,(H,18,19,20). The molecular formula is C16H19N3OS2. The van der Waals surface area contributed by atoms with Crippen molar-refractivity contribution in [1.82, 2.24) is 10.3 Å². The molecule has 2 aromatic rings. The van der Waals surface area contributed by atoms with E-state index in [4.69, 9.17) is 0 Å². The monoisotopic (exact) mass is 333 g/mol. The molecule has 22 heavy (non-hydrogen) atoms. The molecule has 2 N–H and O–H groups in total. The van der Waals surface area contributed by atoms with Crippen LogP contribution in [0.4, 0.5) is 5.13 Å². The third kappa shape index (κ3) is 3.34. The van der Waals surface area contributed by atoms with Crippen LogP contribution in [0.25, 0.3) is 11.3 Å². The van der Waals surface area contributed by atoms with E-state index in [0.29, 0.717) is 11.0 Å². The first kappa shape index (κ1) is 15.5. The van der Waals surface area contributed by atoms with E-state index in [9.17, 15) is 4.79 Å². The second kappa shape index (κ2) is 6.81. The third-order valence-corrected chi connectivity index (χ3v) is 5.56. The average Bonchev–Trinajstić information content (AvgIpc) is 2.94. The van der Waals surface area contributed by atoms with Crippen LogP contribution in [-0.4, -0.2) is 30.2 Å². The summed E-state index contributed by atoms with van der Waals surface area (Å²) in [7, 11) is 0. The Kier molecular flexibility index (Phi) is 4.81. The van der Waals surface area contributed by atoms with Crippen LogP contribution in [0, 0.1) is 11.8 Å². The number of carbonyl (C=O) groups is 1. The van der Waals surface area contributed by atoms with Gasteiger partial charge in [-0.3, -0.25) is 4.79 Å². The van der Waals surface area contributed by atoms with Crippen LogP contribution in [0.2, 0.25) is 0 Å². The number of carbonyl (C=O) groups excluding carboxylic acids is 1. The number of nitrogens with one attached hydrogen (secondary N) is 2. The Morgan fingerprint density at radius 2 is 2.14 bits per heavy atom. The molecule has 1 saturated heterocycles. The molecule has 1 aliphatic rings. The Hall–Kier alpha value is -1.37. The van der Waals surface area contributed by atoms with E-state index in [1.54, 1.807) is 11.8 Å². The molecule has 1 aromatic carbocycles. The van der Waals surface area contributed by atoms with Gasteiger partial charge in [0.15, 0.2) is 5.13 Å². The molecule has 116 valence electrons. The number of thiazole rings is 1. The van der Waals surface area contributed by atoms with Gasteiger partial charge in [0, 0.05) is 21.8 Å². The van der Waals surface area contributed by atoms with Crippen LogP contribution >= 0.6 is 23.1 Å². The molecule has 1 aromatic heterocycles. The molecular weight excluding hydrogens is 314 g/mol. The highest BCUT2D eigenvalue weighted by Gasteiger charge is 2.29. The zero-order valence-electron chi connectivity index (χ0n) is 12.6. The first-order valence-corrected chi connectivity index (χ1v) is 9.39. The summed E-state index contributed by atoms with van der Waals surface area (Å²) in [4.78, 5) is 18.0. The van der Waals surface area contributed by atoms with E-state index in [1.807, 2.05) is 12.3 Å². The lowest BCUT2D eigenvalue weighted by molar-refractivity contribution is -0.121. The van der Waals surface area contributed by atoms with Crippen molar-refractivity contribution >= 4 is 34.1 Å². The average molecular weight is 333 g/mol. The van der Waals surface area contributed by atoms with E-state index in [0.717, 1.165) is 24.3 Å². The van der Waals surface area contributed by atoms with Gasteiger partial charge in [0.1, 0.15) is 0 Å². The van der Waals surface area contributed by atoms with Crippen molar-refractivity contribution in [1.29, 1.82) is 0 Å². The van der Waals surface area contributed by atoms with Gasteiger partial charge in [-0.1, -0.05) is 19.1 Å². The van der Waals surface area contributed by atoms with Crippen molar-refractivity contribution < 1.29 is 4.79 Å². The smallest absolute Gasteiger partial charge is 0.229 e. The van der Waals surface area contributed by atoms with E-state index in [1.165, 1.54) is 16.2 Å². The first-order valence-electron chi connectivity index (χ1n) is 7.29. The molecule has 0 saturated carbocycles.